The average Bonchev–Trinajstić information content (AvgIpc) is 3.21. The highest BCUT2D eigenvalue weighted by Crippen LogP contribution is 2.43. The van der Waals surface area contributed by atoms with Gasteiger partial charge in [0.05, 0.1) is 5.52 Å². The van der Waals surface area contributed by atoms with Crippen LogP contribution in [0.1, 0.15) is 66.6 Å². The van der Waals surface area contributed by atoms with Gasteiger partial charge in [0.25, 0.3) is 6.43 Å². The molecule has 5 aromatic heterocycles. The zero-order valence-corrected chi connectivity index (χ0v) is 18.6. The Balaban J connectivity index is 1.50. The van der Waals surface area contributed by atoms with Crippen molar-refractivity contribution in [2.75, 3.05) is 0 Å². The van der Waals surface area contributed by atoms with Crippen molar-refractivity contribution in [3.05, 3.63) is 46.9 Å². The lowest BCUT2D eigenvalue weighted by molar-refractivity contribution is -0.141. The first-order valence-electron chi connectivity index (χ1n) is 10.5. The second-order valence-electron chi connectivity index (χ2n) is 8.45. The molecule has 1 fully saturated rings. The molecule has 7 nitrogen and oxygen atoms in total. The fourth-order valence-corrected chi connectivity index (χ4v) is 5.38. The number of hydrogen-bond donors (Lipinski definition) is 0. The first kappa shape index (κ1) is 21.3. The average molecular weight is 493 g/mol. The Morgan fingerprint density at radius 3 is 2.56 bits per heavy atom. The second kappa shape index (κ2) is 7.14. The van der Waals surface area contributed by atoms with Crippen LogP contribution in [0.3, 0.4) is 0 Å². The highest BCUT2D eigenvalue weighted by Gasteiger charge is 2.39. The van der Waals surface area contributed by atoms with Gasteiger partial charge in [0.15, 0.2) is 17.2 Å². The van der Waals surface area contributed by atoms with Crippen LogP contribution in [0, 0.1) is 6.92 Å². The number of aryl methyl sites for hydroxylation is 1. The number of rotatable bonds is 4. The molecule has 176 valence electrons. The van der Waals surface area contributed by atoms with E-state index in [0.29, 0.717) is 37.3 Å². The molecule has 0 bridgehead atoms. The Bertz CT molecular complexity index is 1580. The zero-order chi connectivity index (χ0) is 23.9. The molecular weight excluding hydrogens is 477 g/mol. The molecule has 0 amide bonds. The summed E-state index contributed by atoms with van der Waals surface area (Å²) < 4.78 is 69.8. The van der Waals surface area contributed by atoms with Crippen LogP contribution in [-0.2, 0) is 6.18 Å². The summed E-state index contributed by atoms with van der Waals surface area (Å²) >= 11 is 1.18. The van der Waals surface area contributed by atoms with Crippen LogP contribution >= 0.6 is 11.3 Å². The van der Waals surface area contributed by atoms with Gasteiger partial charge in [0.2, 0.25) is 0 Å². The number of pyridine rings is 1. The van der Waals surface area contributed by atoms with Crippen LogP contribution in [0.15, 0.2) is 18.5 Å². The normalized spacial score (nSPS) is 15.9. The number of halogens is 5. The second-order valence-corrected chi connectivity index (χ2v) is 9.45. The van der Waals surface area contributed by atoms with Crippen molar-refractivity contribution in [2.24, 2.45) is 0 Å². The molecule has 1 unspecified atom stereocenters. The third-order valence-corrected chi connectivity index (χ3v) is 7.08. The Morgan fingerprint density at radius 1 is 1.12 bits per heavy atom. The van der Waals surface area contributed by atoms with Crippen molar-refractivity contribution in [1.29, 1.82) is 0 Å². The lowest BCUT2D eigenvalue weighted by atomic mass is 10.1. The quantitative estimate of drug-likeness (QED) is 0.294. The maximum absolute atomic E-state index is 13.3. The van der Waals surface area contributed by atoms with Crippen LogP contribution in [-0.4, -0.2) is 34.3 Å². The predicted octanol–water partition coefficient (Wildman–Crippen LogP) is 5.84. The molecule has 1 atom stereocenters. The summed E-state index contributed by atoms with van der Waals surface area (Å²) in [4.78, 5) is 13.5. The van der Waals surface area contributed by atoms with Crippen molar-refractivity contribution in [3.8, 4) is 0 Å². The molecule has 6 rings (SSSR count). The van der Waals surface area contributed by atoms with E-state index in [0.717, 1.165) is 18.9 Å². The van der Waals surface area contributed by atoms with Crippen molar-refractivity contribution < 1.29 is 22.0 Å². The number of aromatic nitrogens is 7. The van der Waals surface area contributed by atoms with Gasteiger partial charge in [-0.2, -0.15) is 18.3 Å². The molecule has 1 saturated carbocycles. The third-order valence-electron chi connectivity index (χ3n) is 6.02. The smallest absolute Gasteiger partial charge is 0.258 e. The SMILES string of the molecule is Cc1cc(C(F)F)nc2sc3c(ncn4nc(C(C)n5nc(C(F)(F)F)cc5C5CC5)nc34)c12. The molecule has 1 aliphatic carbocycles. The lowest BCUT2D eigenvalue weighted by Gasteiger charge is -2.12. The van der Waals surface area contributed by atoms with E-state index in [2.05, 4.69) is 25.1 Å². The predicted molar refractivity (Wildman–Crippen MR) is 114 cm³/mol. The Kier molecular flexibility index (Phi) is 4.48. The summed E-state index contributed by atoms with van der Waals surface area (Å²) in [7, 11) is 0. The number of fused-ring (bicyclic) bond motifs is 5. The van der Waals surface area contributed by atoms with Gasteiger partial charge in [-0.15, -0.1) is 16.4 Å². The van der Waals surface area contributed by atoms with Crippen molar-refractivity contribution in [3.63, 3.8) is 0 Å². The van der Waals surface area contributed by atoms with E-state index in [1.54, 1.807) is 13.8 Å². The molecule has 34 heavy (non-hydrogen) atoms. The number of thiophene rings is 1. The van der Waals surface area contributed by atoms with Crippen LogP contribution in [0.25, 0.3) is 26.1 Å². The van der Waals surface area contributed by atoms with Gasteiger partial charge >= 0.3 is 6.18 Å². The highest BCUT2D eigenvalue weighted by atomic mass is 32.1. The van der Waals surface area contributed by atoms with E-state index in [1.807, 2.05) is 0 Å². The molecule has 0 radical (unpaired) electrons. The maximum atomic E-state index is 13.3. The summed E-state index contributed by atoms with van der Waals surface area (Å²) in [6, 6.07) is 1.80. The van der Waals surface area contributed by atoms with Crippen molar-refractivity contribution in [1.82, 2.24) is 34.3 Å². The van der Waals surface area contributed by atoms with E-state index < -0.39 is 24.3 Å². The molecule has 0 aromatic carbocycles. The first-order chi connectivity index (χ1) is 16.1. The molecule has 5 heterocycles. The molecule has 0 aliphatic heterocycles. The van der Waals surface area contributed by atoms with E-state index >= 15 is 0 Å². The minimum Gasteiger partial charge on any atom is -0.258 e. The Labute approximate surface area is 192 Å². The molecule has 0 saturated heterocycles. The minimum absolute atomic E-state index is 0.0390. The summed E-state index contributed by atoms with van der Waals surface area (Å²) in [5.41, 5.74) is 0.904. The number of nitrogens with zero attached hydrogens (tertiary/aromatic N) is 7. The first-order valence-corrected chi connectivity index (χ1v) is 11.3. The largest absolute Gasteiger partial charge is 0.435 e. The molecule has 13 heteroatoms. The summed E-state index contributed by atoms with van der Waals surface area (Å²) in [5, 5.41) is 8.94. The van der Waals surface area contributed by atoms with Gasteiger partial charge in [-0.1, -0.05) is 0 Å². The molecule has 0 N–H and O–H groups in total. The molecular formula is C21H16F5N7S. The number of hydrogen-bond acceptors (Lipinski definition) is 6. The van der Waals surface area contributed by atoms with E-state index in [9.17, 15) is 22.0 Å². The van der Waals surface area contributed by atoms with Crippen LogP contribution < -0.4 is 0 Å². The fourth-order valence-electron chi connectivity index (χ4n) is 4.19. The van der Waals surface area contributed by atoms with Gasteiger partial charge in [0, 0.05) is 17.0 Å². The molecule has 5 aromatic rings. The number of alkyl halides is 5. The Morgan fingerprint density at radius 2 is 1.88 bits per heavy atom. The van der Waals surface area contributed by atoms with Gasteiger partial charge in [-0.3, -0.25) is 4.68 Å². The molecule has 1 aliphatic rings. The highest BCUT2D eigenvalue weighted by molar-refractivity contribution is 7.26. The van der Waals surface area contributed by atoms with Gasteiger partial charge in [0.1, 0.15) is 27.6 Å². The Hall–Kier alpha value is -3.22. The summed E-state index contributed by atoms with van der Waals surface area (Å²) in [6.07, 6.45) is -4.16. The van der Waals surface area contributed by atoms with Gasteiger partial charge in [-0.05, 0) is 44.4 Å². The summed E-state index contributed by atoms with van der Waals surface area (Å²) in [5.74, 6) is 0.320. The fraction of sp³-hybridized carbons (Fsp3) is 0.381. The minimum atomic E-state index is -4.55. The van der Waals surface area contributed by atoms with Crippen molar-refractivity contribution >= 4 is 37.4 Å². The van der Waals surface area contributed by atoms with E-state index in [1.165, 1.54) is 32.9 Å². The van der Waals surface area contributed by atoms with E-state index in [4.69, 9.17) is 0 Å². The van der Waals surface area contributed by atoms with Crippen LogP contribution in [0.2, 0.25) is 0 Å². The van der Waals surface area contributed by atoms with E-state index in [-0.39, 0.29) is 17.4 Å². The third kappa shape index (κ3) is 3.24. The van der Waals surface area contributed by atoms with Crippen LogP contribution in [0.4, 0.5) is 22.0 Å². The van der Waals surface area contributed by atoms with Crippen LogP contribution in [0.5, 0.6) is 0 Å². The zero-order valence-electron chi connectivity index (χ0n) is 17.8. The van der Waals surface area contributed by atoms with Crippen molar-refractivity contribution in [2.45, 2.75) is 51.3 Å². The standard InChI is InChI=1S/C21H16F5N7S/c1-8-5-11(17(22)23)28-20-14(8)15-16(34-20)19-29-18(31-32(19)7-27-15)9(2)33-12(10-3-4-10)6-13(30-33)21(24,25)26/h5-7,9-10,17H,3-4H2,1-2H3. The topological polar surface area (TPSA) is 73.8 Å². The van der Waals surface area contributed by atoms with Gasteiger partial charge < -0.3 is 0 Å². The molecule has 0 spiro atoms. The lowest BCUT2D eigenvalue weighted by Crippen LogP contribution is -2.15. The van der Waals surface area contributed by atoms with Gasteiger partial charge in [-0.25, -0.2) is 28.2 Å². The monoisotopic (exact) mass is 493 g/mol. The summed E-state index contributed by atoms with van der Waals surface area (Å²) in [6.45, 7) is 3.42. The maximum Gasteiger partial charge on any atom is 0.435 e.